The third-order valence-electron chi connectivity index (χ3n) is 4.41. The van der Waals surface area contributed by atoms with Gasteiger partial charge in [-0.05, 0) is 55.7 Å². The second-order valence-electron chi connectivity index (χ2n) is 6.45. The summed E-state index contributed by atoms with van der Waals surface area (Å²) in [6, 6.07) is 11.3. The van der Waals surface area contributed by atoms with Gasteiger partial charge >= 0.3 is 5.97 Å². The molecule has 3 aromatic rings. The molecule has 0 radical (unpaired) electrons. The average Bonchev–Trinajstić information content (AvgIpc) is 2.94. The van der Waals surface area contributed by atoms with Crippen LogP contribution in [-0.2, 0) is 27.3 Å². The number of hydrogen-bond acceptors (Lipinski definition) is 4. The number of aromatic nitrogens is 1. The van der Waals surface area contributed by atoms with Gasteiger partial charge in [0.2, 0.25) is 0 Å². The number of carbonyl (C=O) groups is 2. The standard InChI is InChI=1S/C21H21ClN2O3S/c1-4-27-20(26)12-24-17-9-13(2)14(3)10-18(17)28-21(24)23-19(25)11-15-7-5-6-8-16(15)22/h5-10H,4,11-12H2,1-3H3. The minimum atomic E-state index is -0.361. The SMILES string of the molecule is CCOC(=O)Cn1c(=NC(=O)Cc2ccccc2Cl)sc2cc(C)c(C)cc21. The number of aryl methyl sites for hydroxylation is 2. The van der Waals surface area contributed by atoms with Gasteiger partial charge in [-0.25, -0.2) is 0 Å². The van der Waals surface area contributed by atoms with E-state index < -0.39 is 0 Å². The van der Waals surface area contributed by atoms with Crippen molar-refractivity contribution in [1.29, 1.82) is 0 Å². The maximum absolute atomic E-state index is 12.6. The predicted molar refractivity (Wildman–Crippen MR) is 112 cm³/mol. The molecule has 0 unspecified atom stereocenters. The van der Waals surface area contributed by atoms with Crippen LogP contribution in [0.25, 0.3) is 10.2 Å². The van der Waals surface area contributed by atoms with Crippen LogP contribution in [0.3, 0.4) is 0 Å². The van der Waals surface area contributed by atoms with Gasteiger partial charge in [-0.15, -0.1) is 0 Å². The highest BCUT2D eigenvalue weighted by Gasteiger charge is 2.14. The Balaban J connectivity index is 2.05. The van der Waals surface area contributed by atoms with Crippen LogP contribution in [0.4, 0.5) is 0 Å². The highest BCUT2D eigenvalue weighted by Crippen LogP contribution is 2.22. The molecule has 0 N–H and O–H groups in total. The van der Waals surface area contributed by atoms with Gasteiger partial charge in [0.05, 0.1) is 23.2 Å². The number of carbonyl (C=O) groups excluding carboxylic acids is 2. The van der Waals surface area contributed by atoms with Crippen LogP contribution in [0.2, 0.25) is 5.02 Å². The first-order chi connectivity index (χ1) is 13.4. The third-order valence-corrected chi connectivity index (χ3v) is 5.82. The number of fused-ring (bicyclic) bond motifs is 1. The molecular weight excluding hydrogens is 396 g/mol. The summed E-state index contributed by atoms with van der Waals surface area (Å²) in [6.07, 6.45) is 0.103. The van der Waals surface area contributed by atoms with E-state index >= 15 is 0 Å². The van der Waals surface area contributed by atoms with Gasteiger partial charge < -0.3 is 9.30 Å². The third kappa shape index (κ3) is 4.51. The lowest BCUT2D eigenvalue weighted by atomic mass is 10.1. The first-order valence-electron chi connectivity index (χ1n) is 8.96. The lowest BCUT2D eigenvalue weighted by Crippen LogP contribution is -2.23. The van der Waals surface area contributed by atoms with Gasteiger partial charge in [-0.3, -0.25) is 9.59 Å². The number of ether oxygens (including phenoxy) is 1. The molecule has 7 heteroatoms. The molecular formula is C21H21ClN2O3S. The van der Waals surface area contributed by atoms with E-state index in [0.717, 1.165) is 26.9 Å². The normalized spacial score (nSPS) is 11.8. The first kappa shape index (κ1) is 20.3. The van der Waals surface area contributed by atoms with Gasteiger partial charge in [-0.1, -0.05) is 41.1 Å². The van der Waals surface area contributed by atoms with E-state index in [1.807, 2.05) is 32.0 Å². The molecule has 0 saturated heterocycles. The molecule has 1 aromatic heterocycles. The first-order valence-corrected chi connectivity index (χ1v) is 10.2. The zero-order valence-corrected chi connectivity index (χ0v) is 17.6. The second-order valence-corrected chi connectivity index (χ2v) is 7.87. The number of benzene rings is 2. The molecule has 3 rings (SSSR count). The molecule has 5 nitrogen and oxygen atoms in total. The molecule has 146 valence electrons. The van der Waals surface area contributed by atoms with Crippen molar-refractivity contribution in [2.75, 3.05) is 6.61 Å². The summed E-state index contributed by atoms with van der Waals surface area (Å²) in [7, 11) is 0. The zero-order chi connectivity index (χ0) is 20.3. The maximum atomic E-state index is 12.6. The Morgan fingerprint density at radius 2 is 1.89 bits per heavy atom. The Morgan fingerprint density at radius 3 is 2.61 bits per heavy atom. The minimum Gasteiger partial charge on any atom is -0.465 e. The van der Waals surface area contributed by atoms with Gasteiger partial charge in [0, 0.05) is 5.02 Å². The molecule has 0 fully saturated rings. The Morgan fingerprint density at radius 1 is 1.18 bits per heavy atom. The number of esters is 1. The molecule has 0 bridgehead atoms. The van der Waals surface area contributed by atoms with Crippen molar-refractivity contribution in [3.8, 4) is 0 Å². The second kappa shape index (κ2) is 8.71. The van der Waals surface area contributed by atoms with E-state index in [9.17, 15) is 9.59 Å². The van der Waals surface area contributed by atoms with Crippen molar-refractivity contribution in [1.82, 2.24) is 4.57 Å². The van der Waals surface area contributed by atoms with Crippen LogP contribution in [0.5, 0.6) is 0 Å². The summed E-state index contributed by atoms with van der Waals surface area (Å²) in [5, 5.41) is 0.535. The highest BCUT2D eigenvalue weighted by atomic mass is 35.5. The Kier molecular flexibility index (Phi) is 6.31. The van der Waals surface area contributed by atoms with Crippen LogP contribution in [0.15, 0.2) is 41.4 Å². The molecule has 1 amide bonds. The van der Waals surface area contributed by atoms with Crippen molar-refractivity contribution in [3.63, 3.8) is 0 Å². The highest BCUT2D eigenvalue weighted by molar-refractivity contribution is 7.16. The van der Waals surface area contributed by atoms with E-state index in [0.29, 0.717) is 16.4 Å². The monoisotopic (exact) mass is 416 g/mol. The van der Waals surface area contributed by atoms with E-state index in [-0.39, 0.29) is 24.8 Å². The van der Waals surface area contributed by atoms with Crippen molar-refractivity contribution in [3.05, 3.63) is 62.9 Å². The largest absolute Gasteiger partial charge is 0.465 e. The van der Waals surface area contributed by atoms with E-state index in [4.69, 9.17) is 16.3 Å². The summed E-state index contributed by atoms with van der Waals surface area (Å²) in [5.41, 5.74) is 3.84. The lowest BCUT2D eigenvalue weighted by molar-refractivity contribution is -0.143. The molecule has 28 heavy (non-hydrogen) atoms. The van der Waals surface area contributed by atoms with E-state index in [1.54, 1.807) is 23.6 Å². The summed E-state index contributed by atoms with van der Waals surface area (Å²) < 4.78 is 7.80. The van der Waals surface area contributed by atoms with Gasteiger partial charge in [0.25, 0.3) is 5.91 Å². The number of amides is 1. The quantitative estimate of drug-likeness (QED) is 0.585. The summed E-state index contributed by atoms with van der Waals surface area (Å²) in [4.78, 5) is 29.4. The van der Waals surface area contributed by atoms with E-state index in [1.165, 1.54) is 11.3 Å². The van der Waals surface area contributed by atoms with Crippen molar-refractivity contribution in [2.45, 2.75) is 33.7 Å². The number of thiazole rings is 1. The zero-order valence-electron chi connectivity index (χ0n) is 16.0. The number of nitrogens with zero attached hydrogens (tertiary/aromatic N) is 2. The number of rotatable bonds is 5. The molecule has 2 aromatic carbocycles. The summed E-state index contributed by atoms with van der Waals surface area (Å²) in [5.74, 6) is -0.675. The van der Waals surface area contributed by atoms with Crippen LogP contribution in [0, 0.1) is 13.8 Å². The number of hydrogen-bond donors (Lipinski definition) is 0. The topological polar surface area (TPSA) is 60.7 Å². The van der Waals surface area contributed by atoms with Crippen LogP contribution >= 0.6 is 22.9 Å². The average molecular weight is 417 g/mol. The van der Waals surface area contributed by atoms with Gasteiger partial charge in [-0.2, -0.15) is 4.99 Å². The molecule has 0 aliphatic carbocycles. The Bertz CT molecular complexity index is 1110. The smallest absolute Gasteiger partial charge is 0.326 e. The number of halogens is 1. The van der Waals surface area contributed by atoms with Crippen molar-refractivity contribution >= 4 is 45.0 Å². The fraction of sp³-hybridized carbons (Fsp3) is 0.286. The maximum Gasteiger partial charge on any atom is 0.326 e. The molecule has 0 saturated carbocycles. The van der Waals surface area contributed by atoms with Crippen LogP contribution in [-0.4, -0.2) is 23.1 Å². The lowest BCUT2D eigenvalue weighted by Gasteiger charge is -2.06. The predicted octanol–water partition coefficient (Wildman–Crippen LogP) is 4.21. The fourth-order valence-corrected chi connectivity index (χ4v) is 4.18. The minimum absolute atomic E-state index is 0.00848. The fourth-order valence-electron chi connectivity index (χ4n) is 2.85. The molecule has 0 aliphatic heterocycles. The summed E-state index contributed by atoms with van der Waals surface area (Å²) >= 11 is 7.53. The van der Waals surface area contributed by atoms with Crippen LogP contribution in [0.1, 0.15) is 23.6 Å². The Hall–Kier alpha value is -2.44. The molecule has 0 spiro atoms. The molecule has 0 atom stereocenters. The van der Waals surface area contributed by atoms with Crippen molar-refractivity contribution in [2.24, 2.45) is 4.99 Å². The molecule has 1 heterocycles. The Labute approximate surface area is 172 Å². The van der Waals surface area contributed by atoms with Gasteiger partial charge in [0.15, 0.2) is 4.80 Å². The molecule has 0 aliphatic rings. The van der Waals surface area contributed by atoms with Crippen LogP contribution < -0.4 is 4.80 Å². The van der Waals surface area contributed by atoms with E-state index in [2.05, 4.69) is 11.1 Å². The summed E-state index contributed by atoms with van der Waals surface area (Å²) in [6.45, 7) is 6.12. The van der Waals surface area contributed by atoms with Gasteiger partial charge in [0.1, 0.15) is 6.54 Å². The van der Waals surface area contributed by atoms with Crippen molar-refractivity contribution < 1.29 is 14.3 Å².